The second-order valence-electron chi connectivity index (χ2n) is 3.92. The van der Waals surface area contributed by atoms with Gasteiger partial charge in [-0.2, -0.15) is 0 Å². The van der Waals surface area contributed by atoms with Gasteiger partial charge >= 0.3 is 0 Å². The number of nitrogens with one attached hydrogen (secondary N) is 2. The first kappa shape index (κ1) is 13.8. The third-order valence-electron chi connectivity index (χ3n) is 2.43. The van der Waals surface area contributed by atoms with Crippen molar-refractivity contribution in [3.8, 4) is 0 Å². The summed E-state index contributed by atoms with van der Waals surface area (Å²) in [5.74, 6) is -0.500. The Balaban J connectivity index is 1.84. The standard InChI is InChI=1S/C14H12FIN2O/c15-10-1-5-13(6-2-10)18-14(19)9-17-12-7-3-11(16)4-8-12/h1-8,17H,9H2,(H,18,19). The number of carbonyl (C=O) groups is 1. The zero-order chi connectivity index (χ0) is 13.7. The molecule has 5 heteroatoms. The van der Waals surface area contributed by atoms with Crippen molar-refractivity contribution in [1.82, 2.24) is 0 Å². The SMILES string of the molecule is O=C(CNc1ccc(I)cc1)Nc1ccc(F)cc1. The largest absolute Gasteiger partial charge is 0.376 e. The van der Waals surface area contributed by atoms with E-state index in [1.54, 1.807) is 0 Å². The van der Waals surface area contributed by atoms with Crippen molar-refractivity contribution < 1.29 is 9.18 Å². The molecule has 0 aliphatic rings. The van der Waals surface area contributed by atoms with E-state index in [2.05, 4.69) is 33.2 Å². The maximum absolute atomic E-state index is 12.7. The molecule has 0 fully saturated rings. The molecule has 3 nitrogen and oxygen atoms in total. The maximum Gasteiger partial charge on any atom is 0.243 e. The molecular weight excluding hydrogens is 358 g/mol. The molecule has 0 aromatic heterocycles. The Bertz CT molecular complexity index is 555. The van der Waals surface area contributed by atoms with Gasteiger partial charge in [0.25, 0.3) is 0 Å². The molecule has 2 aromatic rings. The van der Waals surface area contributed by atoms with Gasteiger partial charge in [0, 0.05) is 14.9 Å². The van der Waals surface area contributed by atoms with Gasteiger partial charge in [0.1, 0.15) is 5.82 Å². The van der Waals surface area contributed by atoms with Crippen LogP contribution in [0.25, 0.3) is 0 Å². The highest BCUT2D eigenvalue weighted by Gasteiger charge is 2.02. The average molecular weight is 370 g/mol. The summed E-state index contributed by atoms with van der Waals surface area (Å²) in [4.78, 5) is 11.7. The van der Waals surface area contributed by atoms with Gasteiger partial charge in [0.15, 0.2) is 0 Å². The van der Waals surface area contributed by atoms with E-state index < -0.39 is 0 Å². The minimum absolute atomic E-state index is 0.165. The second kappa shape index (κ2) is 6.51. The molecular formula is C14H12FIN2O. The highest BCUT2D eigenvalue weighted by Crippen LogP contribution is 2.11. The predicted octanol–water partition coefficient (Wildman–Crippen LogP) is 3.48. The number of anilines is 2. The molecule has 2 N–H and O–H groups in total. The van der Waals surface area contributed by atoms with Crippen LogP contribution in [0.5, 0.6) is 0 Å². The molecule has 98 valence electrons. The smallest absolute Gasteiger partial charge is 0.243 e. The Morgan fingerprint density at radius 3 is 2.21 bits per heavy atom. The summed E-state index contributed by atoms with van der Waals surface area (Å²) in [5, 5.41) is 5.69. The first-order valence-electron chi connectivity index (χ1n) is 5.68. The molecule has 0 atom stereocenters. The number of halogens is 2. The molecule has 2 rings (SSSR count). The van der Waals surface area contributed by atoms with Crippen molar-refractivity contribution in [2.24, 2.45) is 0 Å². The van der Waals surface area contributed by atoms with Crippen LogP contribution in [0.4, 0.5) is 15.8 Å². The first-order chi connectivity index (χ1) is 9.13. The maximum atomic E-state index is 12.7. The quantitative estimate of drug-likeness (QED) is 0.810. The minimum Gasteiger partial charge on any atom is -0.376 e. The van der Waals surface area contributed by atoms with Crippen LogP contribution in [-0.2, 0) is 4.79 Å². The monoisotopic (exact) mass is 370 g/mol. The van der Waals surface area contributed by atoms with Gasteiger partial charge in [-0.15, -0.1) is 0 Å². The molecule has 0 spiro atoms. The van der Waals surface area contributed by atoms with Crippen molar-refractivity contribution >= 4 is 39.9 Å². The summed E-state index contributed by atoms with van der Waals surface area (Å²) in [5.41, 5.74) is 1.46. The normalized spacial score (nSPS) is 10.0. The van der Waals surface area contributed by atoms with E-state index >= 15 is 0 Å². The van der Waals surface area contributed by atoms with Gasteiger partial charge in [0.05, 0.1) is 6.54 Å². The number of rotatable bonds is 4. The van der Waals surface area contributed by atoms with Gasteiger partial charge in [-0.3, -0.25) is 4.79 Å². The molecule has 0 heterocycles. The van der Waals surface area contributed by atoms with E-state index in [-0.39, 0.29) is 18.3 Å². The summed E-state index contributed by atoms with van der Waals surface area (Å²) in [7, 11) is 0. The lowest BCUT2D eigenvalue weighted by Crippen LogP contribution is -2.21. The lowest BCUT2D eigenvalue weighted by atomic mass is 10.3. The Labute approximate surface area is 124 Å². The van der Waals surface area contributed by atoms with E-state index in [0.717, 1.165) is 9.26 Å². The molecule has 0 aliphatic heterocycles. The lowest BCUT2D eigenvalue weighted by Gasteiger charge is -2.07. The molecule has 0 saturated heterocycles. The van der Waals surface area contributed by atoms with Crippen LogP contribution in [-0.4, -0.2) is 12.5 Å². The van der Waals surface area contributed by atoms with Gasteiger partial charge in [-0.25, -0.2) is 4.39 Å². The van der Waals surface area contributed by atoms with Crippen molar-refractivity contribution in [2.45, 2.75) is 0 Å². The molecule has 0 bridgehead atoms. The van der Waals surface area contributed by atoms with Crippen molar-refractivity contribution in [3.63, 3.8) is 0 Å². The summed E-state index contributed by atoms with van der Waals surface area (Å²) < 4.78 is 13.8. The van der Waals surface area contributed by atoms with Crippen molar-refractivity contribution in [3.05, 3.63) is 57.9 Å². The Kier molecular flexibility index (Phi) is 4.73. The molecule has 0 aliphatic carbocycles. The van der Waals surface area contributed by atoms with E-state index in [1.165, 1.54) is 24.3 Å². The Hall–Kier alpha value is -1.63. The highest BCUT2D eigenvalue weighted by molar-refractivity contribution is 14.1. The number of carbonyl (C=O) groups excluding carboxylic acids is 1. The summed E-state index contributed by atoms with van der Waals surface area (Å²) in [6.45, 7) is 0.165. The summed E-state index contributed by atoms with van der Waals surface area (Å²) in [6.07, 6.45) is 0. The van der Waals surface area contributed by atoms with Crippen molar-refractivity contribution in [2.75, 3.05) is 17.2 Å². The molecule has 0 radical (unpaired) electrons. The van der Waals surface area contributed by atoms with Gasteiger partial charge < -0.3 is 10.6 Å². The van der Waals surface area contributed by atoms with E-state index in [1.807, 2.05) is 24.3 Å². The van der Waals surface area contributed by atoms with Crippen molar-refractivity contribution in [1.29, 1.82) is 0 Å². The number of hydrogen-bond donors (Lipinski definition) is 2. The highest BCUT2D eigenvalue weighted by atomic mass is 127. The molecule has 0 saturated carbocycles. The van der Waals surface area contributed by atoms with E-state index in [4.69, 9.17) is 0 Å². The van der Waals surface area contributed by atoms with E-state index in [0.29, 0.717) is 5.69 Å². The van der Waals surface area contributed by atoms with Crippen LogP contribution in [0.2, 0.25) is 0 Å². The zero-order valence-corrected chi connectivity index (χ0v) is 12.1. The third kappa shape index (κ3) is 4.51. The number of hydrogen-bond acceptors (Lipinski definition) is 2. The predicted molar refractivity (Wildman–Crippen MR) is 82.7 cm³/mol. The fourth-order valence-corrected chi connectivity index (χ4v) is 1.85. The molecule has 1 amide bonds. The fourth-order valence-electron chi connectivity index (χ4n) is 1.49. The van der Waals surface area contributed by atoms with Crippen LogP contribution < -0.4 is 10.6 Å². The van der Waals surface area contributed by atoms with E-state index in [9.17, 15) is 9.18 Å². The Morgan fingerprint density at radius 1 is 1.00 bits per heavy atom. The van der Waals surface area contributed by atoms with Gasteiger partial charge in [0.2, 0.25) is 5.91 Å². The average Bonchev–Trinajstić information content (AvgIpc) is 2.41. The van der Waals surface area contributed by atoms with Crippen LogP contribution >= 0.6 is 22.6 Å². The molecule has 19 heavy (non-hydrogen) atoms. The summed E-state index contributed by atoms with van der Waals surface area (Å²) >= 11 is 2.22. The van der Waals surface area contributed by atoms with Gasteiger partial charge in [-0.1, -0.05) is 0 Å². The summed E-state index contributed by atoms with van der Waals surface area (Å²) in [6, 6.07) is 13.4. The first-order valence-corrected chi connectivity index (χ1v) is 6.76. The van der Waals surface area contributed by atoms with Crippen LogP contribution in [0.15, 0.2) is 48.5 Å². The minimum atomic E-state index is -0.324. The number of benzene rings is 2. The van der Waals surface area contributed by atoms with Gasteiger partial charge in [-0.05, 0) is 71.1 Å². The number of amides is 1. The van der Waals surface area contributed by atoms with Crippen LogP contribution in [0.3, 0.4) is 0 Å². The third-order valence-corrected chi connectivity index (χ3v) is 3.14. The topological polar surface area (TPSA) is 41.1 Å². The zero-order valence-electron chi connectivity index (χ0n) is 9.99. The van der Waals surface area contributed by atoms with Crippen LogP contribution in [0.1, 0.15) is 0 Å². The van der Waals surface area contributed by atoms with Crippen LogP contribution in [0, 0.1) is 9.39 Å². The second-order valence-corrected chi connectivity index (χ2v) is 5.16. The Morgan fingerprint density at radius 2 is 1.58 bits per heavy atom. The lowest BCUT2D eigenvalue weighted by molar-refractivity contribution is -0.114. The molecule has 2 aromatic carbocycles. The fraction of sp³-hybridized carbons (Fsp3) is 0.0714. The molecule has 0 unspecified atom stereocenters.